The third-order valence-electron chi connectivity index (χ3n) is 3.30. The zero-order valence-corrected chi connectivity index (χ0v) is 12.6. The first-order valence-electron chi connectivity index (χ1n) is 6.85. The van der Waals surface area contributed by atoms with Gasteiger partial charge in [-0.05, 0) is 35.7 Å². The maximum Gasteiger partial charge on any atom is 0.335 e. The molecule has 0 bridgehead atoms. The molecule has 0 heterocycles. The molecule has 0 fully saturated rings. The summed E-state index contributed by atoms with van der Waals surface area (Å²) in [5.41, 5.74) is 2.08. The van der Waals surface area contributed by atoms with Gasteiger partial charge < -0.3 is 14.6 Å². The van der Waals surface area contributed by atoms with Gasteiger partial charge in [-0.2, -0.15) is 0 Å². The summed E-state index contributed by atoms with van der Waals surface area (Å²) in [6, 6.07) is 12.6. The van der Waals surface area contributed by atoms with Crippen molar-refractivity contribution in [2.45, 2.75) is 6.42 Å². The molecule has 2 aromatic carbocycles. The van der Waals surface area contributed by atoms with Gasteiger partial charge in [-0.15, -0.1) is 0 Å². The zero-order valence-electron chi connectivity index (χ0n) is 12.6. The Kier molecular flexibility index (Phi) is 5.20. The smallest absolute Gasteiger partial charge is 0.335 e. The fourth-order valence-electron chi connectivity index (χ4n) is 2.19. The van der Waals surface area contributed by atoms with E-state index in [0.717, 1.165) is 11.1 Å². The number of allylic oxidation sites excluding steroid dienone is 1. The van der Waals surface area contributed by atoms with Crippen LogP contribution in [-0.2, 0) is 6.42 Å². The molecule has 0 saturated carbocycles. The first kappa shape index (κ1) is 15.6. The summed E-state index contributed by atoms with van der Waals surface area (Å²) in [5, 5.41) is 9.15. The van der Waals surface area contributed by atoms with Crippen LogP contribution >= 0.6 is 0 Å². The number of methoxy groups -OCH3 is 2. The Hall–Kier alpha value is -2.75. The van der Waals surface area contributed by atoms with Gasteiger partial charge in [0.1, 0.15) is 0 Å². The number of rotatable bonds is 6. The first-order valence-corrected chi connectivity index (χ1v) is 6.85. The van der Waals surface area contributed by atoms with Crippen molar-refractivity contribution >= 4 is 12.0 Å². The van der Waals surface area contributed by atoms with Crippen LogP contribution in [0, 0.1) is 0 Å². The molecule has 0 radical (unpaired) electrons. The van der Waals surface area contributed by atoms with Crippen LogP contribution in [-0.4, -0.2) is 25.3 Å². The van der Waals surface area contributed by atoms with Gasteiger partial charge in [0, 0.05) is 0 Å². The second-order valence-corrected chi connectivity index (χ2v) is 4.68. The lowest BCUT2D eigenvalue weighted by Gasteiger charge is -2.07. The number of carboxylic acids is 1. The molecule has 0 aromatic heterocycles. The summed E-state index contributed by atoms with van der Waals surface area (Å²) < 4.78 is 10.4. The van der Waals surface area contributed by atoms with Gasteiger partial charge in [0.05, 0.1) is 19.8 Å². The minimum atomic E-state index is -0.907. The fraction of sp³-hybridized carbons (Fsp3) is 0.167. The van der Waals surface area contributed by atoms with Crippen LogP contribution in [0.2, 0.25) is 0 Å². The molecule has 1 N–H and O–H groups in total. The predicted molar refractivity (Wildman–Crippen MR) is 85.7 cm³/mol. The van der Waals surface area contributed by atoms with Crippen molar-refractivity contribution < 1.29 is 19.4 Å². The minimum absolute atomic E-state index is 0.333. The molecular formula is C18H18O4. The van der Waals surface area contributed by atoms with Gasteiger partial charge in [0.15, 0.2) is 11.5 Å². The molecule has 0 atom stereocenters. The largest absolute Gasteiger partial charge is 0.493 e. The summed E-state index contributed by atoms with van der Waals surface area (Å²) in [5.74, 6) is 0.432. The van der Waals surface area contributed by atoms with Gasteiger partial charge in [-0.3, -0.25) is 0 Å². The molecule has 0 unspecified atom stereocenters. The average Bonchev–Trinajstić information content (AvgIpc) is 2.55. The summed E-state index contributed by atoms with van der Waals surface area (Å²) in [7, 11) is 3.19. The maximum absolute atomic E-state index is 11.2. The lowest BCUT2D eigenvalue weighted by molar-refractivity contribution is 0.0696. The van der Waals surface area contributed by atoms with Crippen molar-refractivity contribution in [2.75, 3.05) is 14.2 Å². The Bertz CT molecular complexity index is 689. The highest BCUT2D eigenvalue weighted by molar-refractivity contribution is 5.89. The second-order valence-electron chi connectivity index (χ2n) is 4.68. The van der Waals surface area contributed by atoms with Crippen LogP contribution in [0.25, 0.3) is 6.08 Å². The topological polar surface area (TPSA) is 55.8 Å². The van der Waals surface area contributed by atoms with Crippen molar-refractivity contribution in [3.63, 3.8) is 0 Å². The fourth-order valence-corrected chi connectivity index (χ4v) is 2.19. The Morgan fingerprint density at radius 1 is 1.09 bits per heavy atom. The van der Waals surface area contributed by atoms with Crippen LogP contribution in [0.5, 0.6) is 11.5 Å². The molecule has 0 amide bonds. The second kappa shape index (κ2) is 7.31. The van der Waals surface area contributed by atoms with Crippen molar-refractivity contribution in [3.05, 3.63) is 65.2 Å². The minimum Gasteiger partial charge on any atom is -0.493 e. The lowest BCUT2D eigenvalue weighted by Crippen LogP contribution is -2.01. The number of carbonyl (C=O) groups is 1. The number of carboxylic acid groups (broad SMARTS) is 1. The maximum atomic E-state index is 11.2. The molecule has 2 aromatic rings. The molecule has 0 aliphatic carbocycles. The molecule has 22 heavy (non-hydrogen) atoms. The number of aromatic carboxylic acids is 1. The van der Waals surface area contributed by atoms with Crippen LogP contribution in [0.3, 0.4) is 0 Å². The zero-order chi connectivity index (χ0) is 15.9. The van der Waals surface area contributed by atoms with Gasteiger partial charge in [0.2, 0.25) is 0 Å². The van der Waals surface area contributed by atoms with Crippen LogP contribution < -0.4 is 9.47 Å². The molecule has 4 heteroatoms. The summed E-state index contributed by atoms with van der Waals surface area (Å²) in [6.45, 7) is 0. The van der Waals surface area contributed by atoms with E-state index in [0.29, 0.717) is 23.5 Å². The third-order valence-corrected chi connectivity index (χ3v) is 3.30. The van der Waals surface area contributed by atoms with E-state index in [1.807, 2.05) is 42.5 Å². The summed E-state index contributed by atoms with van der Waals surface area (Å²) in [6.07, 6.45) is 4.42. The summed E-state index contributed by atoms with van der Waals surface area (Å²) in [4.78, 5) is 11.2. The highest BCUT2D eigenvalue weighted by Crippen LogP contribution is 2.28. The number of hydrogen-bond donors (Lipinski definition) is 1. The Morgan fingerprint density at radius 2 is 1.82 bits per heavy atom. The van der Waals surface area contributed by atoms with Gasteiger partial charge >= 0.3 is 5.97 Å². The number of hydrogen-bond acceptors (Lipinski definition) is 3. The molecule has 0 aliphatic rings. The SMILES string of the molecule is COc1ccc(C=CCc2ccccc2C(=O)O)cc1OC. The van der Waals surface area contributed by atoms with Gasteiger partial charge in [0.25, 0.3) is 0 Å². The van der Waals surface area contributed by atoms with Crippen LogP contribution in [0.1, 0.15) is 21.5 Å². The molecule has 4 nitrogen and oxygen atoms in total. The third kappa shape index (κ3) is 3.67. The molecule has 0 saturated heterocycles. The Balaban J connectivity index is 2.15. The lowest BCUT2D eigenvalue weighted by atomic mass is 10.0. The van der Waals surface area contributed by atoms with E-state index in [1.165, 1.54) is 0 Å². The van der Waals surface area contributed by atoms with E-state index < -0.39 is 5.97 Å². The molecule has 2 rings (SSSR count). The van der Waals surface area contributed by atoms with E-state index in [4.69, 9.17) is 14.6 Å². The van der Waals surface area contributed by atoms with E-state index >= 15 is 0 Å². The van der Waals surface area contributed by atoms with Gasteiger partial charge in [-0.25, -0.2) is 4.79 Å². The van der Waals surface area contributed by atoms with Crippen LogP contribution in [0.4, 0.5) is 0 Å². The van der Waals surface area contributed by atoms with Gasteiger partial charge in [-0.1, -0.05) is 36.4 Å². The van der Waals surface area contributed by atoms with E-state index in [-0.39, 0.29) is 0 Å². The Morgan fingerprint density at radius 3 is 2.50 bits per heavy atom. The summed E-state index contributed by atoms with van der Waals surface area (Å²) >= 11 is 0. The van der Waals surface area contributed by atoms with Crippen LogP contribution in [0.15, 0.2) is 48.5 Å². The molecular weight excluding hydrogens is 280 g/mol. The van der Waals surface area contributed by atoms with E-state index in [2.05, 4.69) is 0 Å². The quantitative estimate of drug-likeness (QED) is 0.884. The van der Waals surface area contributed by atoms with Crippen molar-refractivity contribution in [1.82, 2.24) is 0 Å². The normalized spacial score (nSPS) is 10.6. The first-order chi connectivity index (χ1) is 10.7. The van der Waals surface area contributed by atoms with Crippen molar-refractivity contribution in [1.29, 1.82) is 0 Å². The number of ether oxygens (including phenoxy) is 2. The number of benzene rings is 2. The van der Waals surface area contributed by atoms with Crippen molar-refractivity contribution in [3.8, 4) is 11.5 Å². The Labute approximate surface area is 129 Å². The molecule has 0 aliphatic heterocycles. The highest BCUT2D eigenvalue weighted by atomic mass is 16.5. The molecule has 0 spiro atoms. The predicted octanol–water partition coefficient (Wildman–Crippen LogP) is 3.66. The standard InChI is InChI=1S/C18H18O4/c1-21-16-11-10-13(12-17(16)22-2)6-5-8-14-7-3-4-9-15(14)18(19)20/h3-7,9-12H,8H2,1-2H3,(H,19,20). The average molecular weight is 298 g/mol. The molecule has 114 valence electrons. The van der Waals surface area contributed by atoms with Crippen molar-refractivity contribution in [2.24, 2.45) is 0 Å². The highest BCUT2D eigenvalue weighted by Gasteiger charge is 2.07. The van der Waals surface area contributed by atoms with E-state index in [1.54, 1.807) is 26.4 Å². The van der Waals surface area contributed by atoms with E-state index in [9.17, 15) is 4.79 Å². The monoisotopic (exact) mass is 298 g/mol.